The number of hydrogen-bond acceptors (Lipinski definition) is 10. The lowest BCUT2D eigenvalue weighted by molar-refractivity contribution is -0.187. The molecule has 6 heterocycles. The lowest BCUT2D eigenvalue weighted by atomic mass is 9.84. The molecule has 0 bridgehead atoms. The quantitative estimate of drug-likeness (QED) is 0.136. The number of pyridine rings is 2. The first-order valence-corrected chi connectivity index (χ1v) is 37.6. The molecular weight excluding hydrogens is 1230 g/mol. The van der Waals surface area contributed by atoms with Crippen molar-refractivity contribution in [2.75, 3.05) is 26.4 Å². The van der Waals surface area contributed by atoms with Gasteiger partial charge in [0.15, 0.2) is 12.6 Å². The zero-order valence-electron chi connectivity index (χ0n) is 68.7. The summed E-state index contributed by atoms with van der Waals surface area (Å²) < 4.78 is 20.7. The van der Waals surface area contributed by atoms with Gasteiger partial charge in [-0.25, -0.2) is 19.9 Å². The molecule has 2 aliphatic heterocycles. The molecule has 2 atom stereocenters. The predicted octanol–water partition coefficient (Wildman–Crippen LogP) is 24.9. The molecule has 10 nitrogen and oxygen atoms in total. The highest BCUT2D eigenvalue weighted by Gasteiger charge is 2.15. The first-order chi connectivity index (χ1) is 47.5. The molecular formula is C90H144N6O4. The van der Waals surface area contributed by atoms with Gasteiger partial charge in [0, 0.05) is 60.4 Å². The van der Waals surface area contributed by atoms with Gasteiger partial charge in [0.1, 0.15) is 11.6 Å². The lowest BCUT2D eigenvalue weighted by Gasteiger charge is -2.24. The van der Waals surface area contributed by atoms with E-state index in [4.69, 9.17) is 18.9 Å². The average molecular weight is 1370 g/mol. The van der Waals surface area contributed by atoms with Gasteiger partial charge in [-0.2, -0.15) is 0 Å². The van der Waals surface area contributed by atoms with Crippen molar-refractivity contribution in [2.45, 2.75) is 271 Å². The number of rotatable bonds is 0. The number of hydrogen-bond donors (Lipinski definition) is 0. The van der Waals surface area contributed by atoms with Crippen LogP contribution in [-0.2, 0) is 18.9 Å². The van der Waals surface area contributed by atoms with Gasteiger partial charge in [-0.3, -0.25) is 9.97 Å². The highest BCUT2D eigenvalue weighted by Crippen LogP contribution is 2.27. The smallest absolute Gasteiger partial charge is 0.154 e. The second-order valence-corrected chi connectivity index (χ2v) is 27.9. The second kappa shape index (κ2) is 60.1. The van der Waals surface area contributed by atoms with E-state index in [-0.39, 0.29) is 12.6 Å². The third-order valence-corrected chi connectivity index (χ3v) is 16.2. The summed E-state index contributed by atoms with van der Waals surface area (Å²) in [5.41, 5.74) is 18.0. The second-order valence-electron chi connectivity index (χ2n) is 27.9. The molecule has 2 saturated heterocycles. The van der Waals surface area contributed by atoms with Crippen LogP contribution in [0.15, 0.2) is 158 Å². The maximum Gasteiger partial charge on any atom is 0.154 e. The third-order valence-electron chi connectivity index (χ3n) is 16.2. The normalized spacial score (nSPS) is 19.6. The van der Waals surface area contributed by atoms with Crippen molar-refractivity contribution in [3.63, 3.8) is 0 Å². The van der Waals surface area contributed by atoms with E-state index in [0.717, 1.165) is 84.3 Å². The molecule has 0 N–H and O–H groups in total. The molecule has 7 aromatic rings. The molecule has 100 heavy (non-hydrogen) atoms. The van der Waals surface area contributed by atoms with Crippen LogP contribution in [0, 0.1) is 132 Å². The van der Waals surface area contributed by atoms with E-state index in [1.807, 2.05) is 146 Å². The molecule has 3 aromatic carbocycles. The summed E-state index contributed by atoms with van der Waals surface area (Å²) in [5, 5.41) is 0. The van der Waals surface area contributed by atoms with Gasteiger partial charge in [0.05, 0.1) is 26.4 Å². The fraction of sp³-hybridized carbons (Fsp3) is 0.556. The number of nitrogens with zero attached hydrogens (tertiary/aromatic N) is 6. The van der Waals surface area contributed by atoms with Crippen LogP contribution in [0.3, 0.4) is 0 Å². The first-order valence-electron chi connectivity index (χ1n) is 37.6. The molecule has 2 unspecified atom stereocenters. The van der Waals surface area contributed by atoms with E-state index in [1.54, 1.807) is 11.1 Å². The van der Waals surface area contributed by atoms with E-state index >= 15 is 0 Å². The minimum atomic E-state index is 0.0196. The molecule has 0 amide bonds. The Balaban J connectivity index is 0. The number of ether oxygens (including phenoxy) is 4. The summed E-state index contributed by atoms with van der Waals surface area (Å²) in [5.74, 6) is 6.73. The number of aryl methyl sites for hydroxylation is 14. The maximum atomic E-state index is 5.17. The Bertz CT molecular complexity index is 2350. The van der Waals surface area contributed by atoms with E-state index in [1.165, 1.54) is 109 Å². The topological polar surface area (TPSA) is 114 Å². The van der Waals surface area contributed by atoms with Crippen molar-refractivity contribution in [3.05, 3.63) is 236 Å². The van der Waals surface area contributed by atoms with Gasteiger partial charge in [0.2, 0.25) is 0 Å². The molecule has 4 aromatic heterocycles. The summed E-state index contributed by atoms with van der Waals surface area (Å²) >= 11 is 0. The van der Waals surface area contributed by atoms with Crippen LogP contribution in [0.2, 0.25) is 0 Å². The lowest BCUT2D eigenvalue weighted by Crippen LogP contribution is -2.27. The number of aromatic nitrogens is 6. The van der Waals surface area contributed by atoms with Crippen LogP contribution in [-0.4, -0.2) is 68.9 Å². The van der Waals surface area contributed by atoms with Crippen LogP contribution in [0.4, 0.5) is 0 Å². The van der Waals surface area contributed by atoms with Crippen LogP contribution >= 0.6 is 0 Å². The zero-order valence-corrected chi connectivity index (χ0v) is 68.7. The van der Waals surface area contributed by atoms with E-state index in [2.05, 4.69) is 224 Å². The van der Waals surface area contributed by atoms with Gasteiger partial charge in [0.25, 0.3) is 0 Å². The largest absolute Gasteiger partial charge is 0.353 e. The van der Waals surface area contributed by atoms with Crippen LogP contribution < -0.4 is 0 Å². The first kappa shape index (κ1) is 95.5. The highest BCUT2D eigenvalue weighted by molar-refractivity contribution is 5.21. The molecule has 3 aliphatic carbocycles. The Morgan fingerprint density at radius 1 is 0.250 bits per heavy atom. The fourth-order valence-electron chi connectivity index (χ4n) is 8.92. The van der Waals surface area contributed by atoms with Crippen LogP contribution in [0.5, 0.6) is 0 Å². The van der Waals surface area contributed by atoms with E-state index < -0.39 is 0 Å². The zero-order chi connectivity index (χ0) is 75.8. The van der Waals surface area contributed by atoms with Crippen molar-refractivity contribution >= 4 is 0 Å². The van der Waals surface area contributed by atoms with E-state index in [0.29, 0.717) is 11.8 Å². The van der Waals surface area contributed by atoms with Gasteiger partial charge in [-0.15, -0.1) is 0 Å². The fourth-order valence-corrected chi connectivity index (χ4v) is 8.92. The van der Waals surface area contributed by atoms with Gasteiger partial charge in [-0.1, -0.05) is 237 Å². The summed E-state index contributed by atoms with van der Waals surface area (Å²) in [6.45, 7) is 61.6. The van der Waals surface area contributed by atoms with Crippen molar-refractivity contribution in [3.8, 4) is 0 Å². The Morgan fingerprint density at radius 2 is 0.470 bits per heavy atom. The number of benzene rings is 3. The SMILES string of the molecule is CC.CC.CC1=CCC(C)CC1.CC1=CCC(C)CC1.CC1CCC(C)CC1.CC1COC(C)OC1.CC1COC(C)OC1.Cc1ccc(C)cc1.Cc1ccc(C)cc1.Cc1ccc(C)cc1.Cc1ccc(C)nc1.Cc1ccc(C)nc1.Cc1cnc(C)nc1.Cc1cnc(C)nc1. The van der Waals surface area contributed by atoms with Gasteiger partial charge in [-0.05, 0) is 221 Å². The van der Waals surface area contributed by atoms with Crippen molar-refractivity contribution in [1.82, 2.24) is 29.9 Å². The highest BCUT2D eigenvalue weighted by atomic mass is 16.7. The van der Waals surface area contributed by atoms with Crippen molar-refractivity contribution in [2.24, 2.45) is 35.5 Å². The molecule has 5 aliphatic rings. The Hall–Kier alpha value is -6.56. The van der Waals surface area contributed by atoms with Crippen molar-refractivity contribution in [1.29, 1.82) is 0 Å². The summed E-state index contributed by atoms with van der Waals surface area (Å²) in [4.78, 5) is 24.0. The summed E-state index contributed by atoms with van der Waals surface area (Å²) in [6, 6.07) is 33.6. The molecule has 12 rings (SSSR count). The predicted molar refractivity (Wildman–Crippen MR) is 432 cm³/mol. The van der Waals surface area contributed by atoms with Crippen molar-refractivity contribution < 1.29 is 18.9 Å². The third kappa shape index (κ3) is 58.1. The molecule has 3 fully saturated rings. The maximum absolute atomic E-state index is 5.17. The molecule has 0 radical (unpaired) electrons. The monoisotopic (exact) mass is 1370 g/mol. The van der Waals surface area contributed by atoms with Crippen LogP contribution in [0.25, 0.3) is 0 Å². The molecule has 10 heteroatoms. The summed E-state index contributed by atoms with van der Waals surface area (Å²) in [7, 11) is 0. The van der Waals surface area contributed by atoms with Gasteiger partial charge < -0.3 is 18.9 Å². The Labute approximate surface area is 614 Å². The van der Waals surface area contributed by atoms with Gasteiger partial charge >= 0.3 is 0 Å². The standard InChI is InChI=1S/C8H16.2C8H14.3C8H10.2C7H9N.2C6H8N2.2C6H12O2.2C2H6/c6*1-7-3-5-8(2)6-4-7;2*1-6-3-4-7(2)8-5-6;4*1-5-3-7-6(2)8-4-5;2*1-2/h7-8H,3-6H2,1-2H3;2*3,8H,4-6H2,1-2H3;3*3-6H,1-2H3;2*3-5H,1-2H3;2*3-4H,1-2H3;2*5-6H,3-4H2,1-2H3;2*1-2H3. The molecule has 558 valence electrons. The molecule has 0 spiro atoms. The minimum absolute atomic E-state index is 0.0196. The van der Waals surface area contributed by atoms with E-state index in [9.17, 15) is 0 Å². The number of allylic oxidation sites excluding steroid dienone is 4. The molecule has 1 saturated carbocycles. The minimum Gasteiger partial charge on any atom is -0.353 e. The summed E-state index contributed by atoms with van der Waals surface area (Å²) in [6.07, 6.45) is 29.7. The van der Waals surface area contributed by atoms with Crippen LogP contribution in [0.1, 0.15) is 240 Å². The Kier molecular flexibility index (Phi) is 57.4. The average Bonchev–Trinajstić information content (AvgIpc) is 3.77. The Morgan fingerprint density at radius 3 is 0.630 bits per heavy atom.